The highest BCUT2D eigenvalue weighted by atomic mass is 16.4. The summed E-state index contributed by atoms with van der Waals surface area (Å²) in [5, 5.41) is 40.6. The van der Waals surface area contributed by atoms with Gasteiger partial charge in [0.05, 0.1) is 18.9 Å². The topological polar surface area (TPSA) is 330 Å². The lowest BCUT2D eigenvalue weighted by atomic mass is 10.0. The Kier molecular flexibility index (Phi) is 19.5. The summed E-state index contributed by atoms with van der Waals surface area (Å²) in [6.07, 6.45) is -0.434. The summed E-state index contributed by atoms with van der Waals surface area (Å²) in [5.41, 5.74) is 11.9. The second kappa shape index (κ2) is 23.4. The van der Waals surface area contributed by atoms with Gasteiger partial charge in [0.1, 0.15) is 36.3 Å². The van der Waals surface area contributed by atoms with Crippen molar-refractivity contribution in [2.24, 2.45) is 17.4 Å². The lowest BCUT2D eigenvalue weighted by Crippen LogP contribution is -2.60. The predicted molar refractivity (Wildman–Crippen MR) is 203 cm³/mol. The molecule has 1 aromatic rings. The number of aliphatic carboxylic acids is 3. The van der Waals surface area contributed by atoms with Crippen LogP contribution < -0.4 is 38.1 Å². The molecule has 20 heteroatoms. The van der Waals surface area contributed by atoms with E-state index in [0.29, 0.717) is 31.2 Å². The molecule has 7 atom stereocenters. The first-order chi connectivity index (χ1) is 26.8. The second-order valence-corrected chi connectivity index (χ2v) is 14.4. The van der Waals surface area contributed by atoms with E-state index in [9.17, 15) is 58.5 Å². The molecule has 1 saturated heterocycles. The molecule has 0 radical (unpaired) electrons. The molecule has 1 aliphatic heterocycles. The molecule has 0 aliphatic carbocycles. The zero-order chi connectivity index (χ0) is 42.8. The average molecular weight is 805 g/mol. The van der Waals surface area contributed by atoms with Crippen LogP contribution >= 0.6 is 0 Å². The van der Waals surface area contributed by atoms with E-state index < -0.39 is 108 Å². The molecule has 0 aromatic heterocycles. The molecule has 1 aliphatic rings. The number of unbranched alkanes of at least 4 members (excludes halogenated alkanes) is 1. The highest BCUT2D eigenvalue weighted by Crippen LogP contribution is 2.19. The fraction of sp³-hybridized carbons (Fsp3) is 0.595. The van der Waals surface area contributed by atoms with Crippen molar-refractivity contribution in [3.63, 3.8) is 0 Å². The number of nitrogens with two attached hydrogens (primary N) is 2. The van der Waals surface area contributed by atoms with Crippen molar-refractivity contribution in [2.75, 3.05) is 13.1 Å². The molecule has 316 valence electrons. The number of hydrogen-bond acceptors (Lipinski definition) is 11. The van der Waals surface area contributed by atoms with Gasteiger partial charge in [-0.3, -0.25) is 38.4 Å². The molecule has 2 rings (SSSR count). The highest BCUT2D eigenvalue weighted by Gasteiger charge is 2.39. The van der Waals surface area contributed by atoms with E-state index in [1.54, 1.807) is 30.3 Å². The SMILES string of the molecule is CC(C)C[C@H](N)C(=O)N[C@@H](C)C(=O)N1CCC[C@H]1C(=O)N[C@@H](CC(=O)O)C(=O)N[C@@H](Cc1ccccc1)C(=O)N[C@@H](CC(=O)O)C(=O)N[C@@H](CCCCN)C(=O)O. The highest BCUT2D eigenvalue weighted by molar-refractivity contribution is 5.98. The van der Waals surface area contributed by atoms with Crippen LogP contribution in [-0.2, 0) is 49.6 Å². The van der Waals surface area contributed by atoms with Crippen LogP contribution in [0.5, 0.6) is 0 Å². The zero-order valence-electron chi connectivity index (χ0n) is 32.4. The molecule has 1 aromatic carbocycles. The van der Waals surface area contributed by atoms with Gasteiger partial charge in [-0.25, -0.2) is 4.79 Å². The van der Waals surface area contributed by atoms with Crippen molar-refractivity contribution in [3.05, 3.63) is 35.9 Å². The standard InChI is InChI=1S/C37H56N8O12/c1-20(2)16-23(39)31(50)40-21(3)36(55)45-15-9-13-28(45)35(54)44-27(19-30(48)49)34(53)42-25(17-22-10-5-4-6-11-22)32(51)43-26(18-29(46)47)33(52)41-24(37(56)57)12-7-8-14-38/h4-6,10-11,20-21,23-28H,7-9,12-19,38-39H2,1-3H3,(H,40,50)(H,41,52)(H,42,53)(H,43,51)(H,44,54)(H,46,47)(H,48,49)(H,56,57)/t21-,23-,24-,25-,26-,27-,28-/m0/s1. The number of carboxylic acids is 3. The van der Waals surface area contributed by atoms with Gasteiger partial charge < -0.3 is 58.3 Å². The molecule has 0 unspecified atom stereocenters. The first-order valence-corrected chi connectivity index (χ1v) is 18.8. The Morgan fingerprint density at radius 2 is 1.28 bits per heavy atom. The molecule has 57 heavy (non-hydrogen) atoms. The third-order valence-electron chi connectivity index (χ3n) is 9.13. The smallest absolute Gasteiger partial charge is 0.326 e. The van der Waals surface area contributed by atoms with E-state index in [1.807, 2.05) is 13.8 Å². The number of hydrogen-bond donors (Lipinski definition) is 10. The van der Waals surface area contributed by atoms with Crippen molar-refractivity contribution in [2.45, 2.75) is 121 Å². The number of carbonyl (C=O) groups is 9. The number of amides is 6. The molecule has 20 nitrogen and oxygen atoms in total. The van der Waals surface area contributed by atoms with Gasteiger partial charge in [0, 0.05) is 13.0 Å². The van der Waals surface area contributed by atoms with Gasteiger partial charge in [-0.15, -0.1) is 0 Å². The molecular formula is C37H56N8O12. The second-order valence-electron chi connectivity index (χ2n) is 14.4. The number of rotatable bonds is 24. The van der Waals surface area contributed by atoms with Crippen LogP contribution in [0.25, 0.3) is 0 Å². The van der Waals surface area contributed by atoms with Crippen LogP contribution in [0.1, 0.15) is 77.7 Å². The van der Waals surface area contributed by atoms with Crippen LogP contribution in [-0.4, -0.2) is 129 Å². The summed E-state index contributed by atoms with van der Waals surface area (Å²) in [6, 6.07) is -1.42. The molecule has 1 heterocycles. The first-order valence-electron chi connectivity index (χ1n) is 18.8. The van der Waals surface area contributed by atoms with E-state index in [1.165, 1.54) is 11.8 Å². The van der Waals surface area contributed by atoms with Gasteiger partial charge in [-0.2, -0.15) is 0 Å². The Bertz CT molecular complexity index is 1590. The Balaban J connectivity index is 2.30. The van der Waals surface area contributed by atoms with E-state index in [0.717, 1.165) is 0 Å². The molecule has 0 bridgehead atoms. The maximum atomic E-state index is 13.7. The summed E-state index contributed by atoms with van der Waals surface area (Å²) < 4.78 is 0. The summed E-state index contributed by atoms with van der Waals surface area (Å²) in [4.78, 5) is 117. The van der Waals surface area contributed by atoms with Gasteiger partial charge in [-0.05, 0) is 63.5 Å². The maximum Gasteiger partial charge on any atom is 0.326 e. The minimum Gasteiger partial charge on any atom is -0.481 e. The zero-order valence-corrected chi connectivity index (χ0v) is 32.4. The molecule has 12 N–H and O–H groups in total. The van der Waals surface area contributed by atoms with Crippen LogP contribution in [0.3, 0.4) is 0 Å². The van der Waals surface area contributed by atoms with Crippen LogP contribution in [0.15, 0.2) is 30.3 Å². The average Bonchev–Trinajstić information content (AvgIpc) is 3.63. The number of carbonyl (C=O) groups excluding carboxylic acids is 6. The van der Waals surface area contributed by atoms with Crippen LogP contribution in [0, 0.1) is 5.92 Å². The number of nitrogens with zero attached hydrogens (tertiary/aromatic N) is 1. The summed E-state index contributed by atoms with van der Waals surface area (Å²) in [6.45, 7) is 5.62. The number of likely N-dealkylation sites (tertiary alicyclic amines) is 1. The minimum absolute atomic E-state index is 0.0229. The molecular weight excluding hydrogens is 748 g/mol. The first kappa shape index (κ1) is 47.5. The van der Waals surface area contributed by atoms with E-state index in [-0.39, 0.29) is 38.3 Å². The number of benzene rings is 1. The van der Waals surface area contributed by atoms with Gasteiger partial charge in [0.15, 0.2) is 0 Å². The Labute approximate surface area is 330 Å². The predicted octanol–water partition coefficient (Wildman–Crippen LogP) is -1.80. The fourth-order valence-electron chi connectivity index (χ4n) is 6.21. The maximum absolute atomic E-state index is 13.7. The minimum atomic E-state index is -1.79. The number of carboxylic acid groups (broad SMARTS) is 3. The molecule has 0 spiro atoms. The van der Waals surface area contributed by atoms with Crippen molar-refractivity contribution < 1.29 is 58.5 Å². The Hall–Kier alpha value is -5.63. The fourth-order valence-corrected chi connectivity index (χ4v) is 6.21. The van der Waals surface area contributed by atoms with E-state index in [4.69, 9.17) is 11.5 Å². The molecule has 6 amide bonds. The third kappa shape index (κ3) is 16.2. The van der Waals surface area contributed by atoms with Crippen molar-refractivity contribution in [1.29, 1.82) is 0 Å². The van der Waals surface area contributed by atoms with Gasteiger partial charge in [0.25, 0.3) is 0 Å². The largest absolute Gasteiger partial charge is 0.481 e. The lowest BCUT2D eigenvalue weighted by molar-refractivity contribution is -0.144. The van der Waals surface area contributed by atoms with Gasteiger partial charge in [-0.1, -0.05) is 44.2 Å². The van der Waals surface area contributed by atoms with Crippen molar-refractivity contribution in [1.82, 2.24) is 31.5 Å². The molecule has 0 saturated carbocycles. The lowest BCUT2D eigenvalue weighted by Gasteiger charge is -2.29. The third-order valence-corrected chi connectivity index (χ3v) is 9.13. The number of nitrogens with one attached hydrogen (secondary N) is 5. The summed E-state index contributed by atoms with van der Waals surface area (Å²) in [5.74, 6) is -9.59. The van der Waals surface area contributed by atoms with Crippen molar-refractivity contribution >= 4 is 53.4 Å². The van der Waals surface area contributed by atoms with Gasteiger partial charge >= 0.3 is 17.9 Å². The Morgan fingerprint density at radius 1 is 0.737 bits per heavy atom. The molecule has 1 fully saturated rings. The Morgan fingerprint density at radius 3 is 1.82 bits per heavy atom. The van der Waals surface area contributed by atoms with Crippen LogP contribution in [0.2, 0.25) is 0 Å². The van der Waals surface area contributed by atoms with Gasteiger partial charge in [0.2, 0.25) is 35.4 Å². The summed E-state index contributed by atoms with van der Waals surface area (Å²) >= 11 is 0. The quantitative estimate of drug-likeness (QED) is 0.0516. The normalized spacial score (nSPS) is 16.9. The monoisotopic (exact) mass is 804 g/mol. The van der Waals surface area contributed by atoms with Crippen LogP contribution in [0.4, 0.5) is 0 Å². The van der Waals surface area contributed by atoms with E-state index >= 15 is 0 Å². The van der Waals surface area contributed by atoms with E-state index in [2.05, 4.69) is 26.6 Å². The summed E-state index contributed by atoms with van der Waals surface area (Å²) in [7, 11) is 0. The van der Waals surface area contributed by atoms with Crippen molar-refractivity contribution in [3.8, 4) is 0 Å².